The van der Waals surface area contributed by atoms with E-state index in [2.05, 4.69) is 5.32 Å². The molecule has 1 aliphatic rings. The maximum absolute atomic E-state index is 12.6. The minimum atomic E-state index is -0.619. The van der Waals surface area contributed by atoms with Crippen molar-refractivity contribution in [2.45, 2.75) is 19.0 Å². The number of anilines is 1. The Kier molecular flexibility index (Phi) is 5.54. The summed E-state index contributed by atoms with van der Waals surface area (Å²) in [6.45, 7) is 0.440. The second-order valence-electron chi connectivity index (χ2n) is 6.07. The lowest BCUT2D eigenvalue weighted by atomic mass is 10.1. The van der Waals surface area contributed by atoms with Gasteiger partial charge in [-0.15, -0.1) is 0 Å². The van der Waals surface area contributed by atoms with Crippen LogP contribution in [0.25, 0.3) is 0 Å². The number of rotatable bonds is 5. The van der Waals surface area contributed by atoms with E-state index in [1.807, 2.05) is 30.3 Å². The minimum Gasteiger partial charge on any atom is -0.332 e. The second-order valence-corrected chi connectivity index (χ2v) is 6.87. The Morgan fingerprint density at radius 3 is 2.46 bits per heavy atom. The van der Waals surface area contributed by atoms with Crippen molar-refractivity contribution in [3.8, 4) is 0 Å². The molecule has 1 saturated heterocycles. The summed E-state index contributed by atoms with van der Waals surface area (Å²) in [5, 5.41) is 3.88. The molecule has 2 aromatic carbocycles. The third-order valence-electron chi connectivity index (χ3n) is 4.23. The number of hydrogen-bond acceptors (Lipinski definition) is 3. The molecule has 0 spiro atoms. The van der Waals surface area contributed by atoms with Crippen molar-refractivity contribution in [1.29, 1.82) is 0 Å². The van der Waals surface area contributed by atoms with E-state index in [4.69, 9.17) is 23.8 Å². The fourth-order valence-electron chi connectivity index (χ4n) is 2.85. The van der Waals surface area contributed by atoms with E-state index in [1.54, 1.807) is 36.2 Å². The van der Waals surface area contributed by atoms with Gasteiger partial charge in [-0.05, 0) is 42.0 Å². The molecule has 1 heterocycles. The molecule has 3 rings (SSSR count). The van der Waals surface area contributed by atoms with Gasteiger partial charge in [-0.3, -0.25) is 14.5 Å². The quantitative estimate of drug-likeness (QED) is 0.800. The second kappa shape index (κ2) is 7.85. The maximum atomic E-state index is 12.6. The lowest BCUT2D eigenvalue weighted by Crippen LogP contribution is -2.37. The van der Waals surface area contributed by atoms with Crippen LogP contribution in [0.4, 0.5) is 5.69 Å². The van der Waals surface area contributed by atoms with Gasteiger partial charge in [0.1, 0.15) is 6.04 Å². The summed E-state index contributed by atoms with van der Waals surface area (Å²) in [6, 6.07) is 15.9. The van der Waals surface area contributed by atoms with E-state index in [9.17, 15) is 9.59 Å². The number of likely N-dealkylation sites (N-methyl/N-ethyl adjacent to an activating group) is 1. The Morgan fingerprint density at radius 1 is 1.15 bits per heavy atom. The smallest absolute Gasteiger partial charge is 0.251 e. The van der Waals surface area contributed by atoms with Gasteiger partial charge < -0.3 is 10.2 Å². The highest BCUT2D eigenvalue weighted by Crippen LogP contribution is 2.23. The molecule has 5 nitrogen and oxygen atoms in total. The molecule has 0 bridgehead atoms. The van der Waals surface area contributed by atoms with Crippen LogP contribution < -0.4 is 5.32 Å². The van der Waals surface area contributed by atoms with Crippen LogP contribution in [0, 0.1) is 0 Å². The molecule has 0 unspecified atom stereocenters. The summed E-state index contributed by atoms with van der Waals surface area (Å²) >= 11 is 11.3. The first-order valence-corrected chi connectivity index (χ1v) is 8.92. The van der Waals surface area contributed by atoms with E-state index in [-0.39, 0.29) is 18.2 Å². The monoisotopic (exact) mass is 387 g/mol. The number of carbonyl (C=O) groups excluding carboxylic acids is 2. The van der Waals surface area contributed by atoms with Gasteiger partial charge in [0, 0.05) is 24.3 Å². The van der Waals surface area contributed by atoms with Crippen molar-refractivity contribution in [3.05, 3.63) is 65.2 Å². The molecular formula is C19H18ClN3O2S. The topological polar surface area (TPSA) is 52.7 Å². The van der Waals surface area contributed by atoms with E-state index in [0.29, 0.717) is 22.4 Å². The van der Waals surface area contributed by atoms with Crippen LogP contribution in [0.3, 0.4) is 0 Å². The molecule has 0 radical (unpaired) electrons. The summed E-state index contributed by atoms with van der Waals surface area (Å²) in [5.74, 6) is -0.402. The zero-order valence-corrected chi connectivity index (χ0v) is 15.8. The van der Waals surface area contributed by atoms with Crippen molar-refractivity contribution in [2.24, 2.45) is 0 Å². The number of carbonyl (C=O) groups is 2. The van der Waals surface area contributed by atoms with Crippen LogP contribution >= 0.6 is 23.8 Å². The average Bonchev–Trinajstić information content (AvgIpc) is 2.82. The molecule has 1 fully saturated rings. The Morgan fingerprint density at radius 2 is 1.81 bits per heavy atom. The molecule has 0 aliphatic carbocycles. The highest BCUT2D eigenvalue weighted by atomic mass is 35.5. The fourth-order valence-corrected chi connectivity index (χ4v) is 3.26. The van der Waals surface area contributed by atoms with E-state index in [1.165, 1.54) is 4.90 Å². The zero-order chi connectivity index (χ0) is 18.7. The van der Waals surface area contributed by atoms with Gasteiger partial charge in [-0.2, -0.15) is 0 Å². The SMILES string of the molecule is CN1C(=O)[C@@H](CC(=O)Nc2ccccc2)N(Cc2ccc(Cl)cc2)C1=S. The molecule has 134 valence electrons. The van der Waals surface area contributed by atoms with Crippen LogP contribution in [0.15, 0.2) is 54.6 Å². The normalized spacial score (nSPS) is 16.9. The lowest BCUT2D eigenvalue weighted by molar-refractivity contribution is -0.130. The number of hydrogen-bond donors (Lipinski definition) is 1. The lowest BCUT2D eigenvalue weighted by Gasteiger charge is -2.23. The average molecular weight is 388 g/mol. The Balaban J connectivity index is 1.73. The summed E-state index contributed by atoms with van der Waals surface area (Å²) in [6.07, 6.45) is 0.0335. The van der Waals surface area contributed by atoms with E-state index < -0.39 is 6.04 Å². The molecule has 26 heavy (non-hydrogen) atoms. The van der Waals surface area contributed by atoms with E-state index >= 15 is 0 Å². The van der Waals surface area contributed by atoms with Crippen LogP contribution in [0.1, 0.15) is 12.0 Å². The standard InChI is InChI=1S/C19H18ClN3O2S/c1-22-18(25)16(11-17(24)21-15-5-3-2-4-6-15)23(19(22)26)12-13-7-9-14(20)10-8-13/h2-10,16H,11-12H2,1H3,(H,21,24)/t16-/m1/s1. The van der Waals surface area contributed by atoms with Gasteiger partial charge in [-0.1, -0.05) is 41.9 Å². The van der Waals surface area contributed by atoms with Gasteiger partial charge in [-0.25, -0.2) is 0 Å². The van der Waals surface area contributed by atoms with Crippen molar-refractivity contribution in [3.63, 3.8) is 0 Å². The summed E-state index contributed by atoms with van der Waals surface area (Å²) in [5.41, 5.74) is 1.66. The highest BCUT2D eigenvalue weighted by molar-refractivity contribution is 7.80. The van der Waals surface area contributed by atoms with Crippen LogP contribution in [0.2, 0.25) is 5.02 Å². The fraction of sp³-hybridized carbons (Fsp3) is 0.211. The largest absolute Gasteiger partial charge is 0.332 e. The van der Waals surface area contributed by atoms with Crippen molar-refractivity contribution in [2.75, 3.05) is 12.4 Å². The molecule has 2 aromatic rings. The molecule has 1 aliphatic heterocycles. The highest BCUT2D eigenvalue weighted by Gasteiger charge is 2.41. The van der Waals surface area contributed by atoms with Crippen molar-refractivity contribution < 1.29 is 9.59 Å². The molecule has 0 saturated carbocycles. The number of amides is 2. The van der Waals surface area contributed by atoms with Gasteiger partial charge in [0.05, 0.1) is 6.42 Å². The molecule has 0 aromatic heterocycles. The molecule has 1 N–H and O–H groups in total. The van der Waals surface area contributed by atoms with Gasteiger partial charge in [0.15, 0.2) is 5.11 Å². The van der Waals surface area contributed by atoms with Crippen LogP contribution in [0.5, 0.6) is 0 Å². The zero-order valence-electron chi connectivity index (χ0n) is 14.2. The maximum Gasteiger partial charge on any atom is 0.251 e. The first-order valence-electron chi connectivity index (χ1n) is 8.13. The Hall–Kier alpha value is -2.44. The van der Waals surface area contributed by atoms with Crippen LogP contribution in [-0.2, 0) is 16.1 Å². The Bertz CT molecular complexity index is 826. The van der Waals surface area contributed by atoms with Crippen molar-refractivity contribution >= 4 is 46.4 Å². The van der Waals surface area contributed by atoms with Gasteiger partial charge in [0.2, 0.25) is 5.91 Å². The van der Waals surface area contributed by atoms with E-state index in [0.717, 1.165) is 5.56 Å². The number of para-hydroxylation sites is 1. The molecular weight excluding hydrogens is 370 g/mol. The third kappa shape index (κ3) is 4.03. The number of nitrogens with one attached hydrogen (secondary N) is 1. The Labute approximate surface area is 162 Å². The first kappa shape index (κ1) is 18.4. The predicted molar refractivity (Wildman–Crippen MR) is 106 cm³/mol. The number of thiocarbonyl (C=S) groups is 1. The summed E-state index contributed by atoms with van der Waals surface area (Å²) < 4.78 is 0. The van der Waals surface area contributed by atoms with Crippen LogP contribution in [-0.4, -0.2) is 39.8 Å². The molecule has 1 atom stereocenters. The minimum absolute atomic E-state index is 0.0335. The van der Waals surface area contributed by atoms with Crippen molar-refractivity contribution in [1.82, 2.24) is 9.80 Å². The number of halogens is 1. The third-order valence-corrected chi connectivity index (χ3v) is 4.99. The number of nitrogens with zero attached hydrogens (tertiary/aromatic N) is 2. The first-order chi connectivity index (χ1) is 12.5. The summed E-state index contributed by atoms with van der Waals surface area (Å²) in [7, 11) is 1.63. The molecule has 2 amide bonds. The van der Waals surface area contributed by atoms with Gasteiger partial charge in [0.25, 0.3) is 5.91 Å². The predicted octanol–water partition coefficient (Wildman–Crippen LogP) is 3.30. The molecule has 7 heteroatoms. The van der Waals surface area contributed by atoms with Gasteiger partial charge >= 0.3 is 0 Å². The number of benzene rings is 2. The summed E-state index contributed by atoms with van der Waals surface area (Å²) in [4.78, 5) is 28.2.